The Labute approximate surface area is 191 Å². The summed E-state index contributed by atoms with van der Waals surface area (Å²) in [5, 5.41) is 0. The Kier molecular flexibility index (Phi) is 6.27. The van der Waals surface area contributed by atoms with Gasteiger partial charge in [-0.3, -0.25) is 0 Å². The van der Waals surface area contributed by atoms with E-state index < -0.39 is 10.2 Å². The van der Waals surface area contributed by atoms with E-state index in [0.717, 1.165) is 5.71 Å². The number of rotatable bonds is 0. The predicted octanol–water partition coefficient (Wildman–Crippen LogP) is 0.252. The van der Waals surface area contributed by atoms with Crippen LogP contribution in [0.15, 0.2) is 60.3 Å². The lowest BCUT2D eigenvalue weighted by atomic mass is 9.81. The van der Waals surface area contributed by atoms with Gasteiger partial charge in [-0.2, -0.15) is 4.58 Å². The SMILES string of the molecule is CN1/C(=C\C#CC2=[N+](C)c3ccccc3C2(C)C)C(C)(C)c2ccccc21.[O-][Cl+3]([O-])([O-])[O-]. The van der Waals surface area contributed by atoms with Gasteiger partial charge in [0.05, 0.1) is 5.41 Å². The Morgan fingerprint density at radius 2 is 1.41 bits per heavy atom. The number of likely N-dealkylation sites (N-methyl/N-ethyl adjacent to an activating group) is 1. The molecule has 0 radical (unpaired) electrons. The summed E-state index contributed by atoms with van der Waals surface area (Å²) in [6.07, 6.45) is 2.10. The van der Waals surface area contributed by atoms with Gasteiger partial charge in [0.1, 0.15) is 7.05 Å². The zero-order valence-corrected chi connectivity index (χ0v) is 19.9. The molecule has 2 heterocycles. The monoisotopic (exact) mass is 454 g/mol. The van der Waals surface area contributed by atoms with Crippen LogP contribution in [0.3, 0.4) is 0 Å². The van der Waals surface area contributed by atoms with Crippen molar-refractivity contribution in [3.8, 4) is 11.8 Å². The summed E-state index contributed by atoms with van der Waals surface area (Å²) < 4.78 is 36.2. The maximum absolute atomic E-state index is 8.49. The van der Waals surface area contributed by atoms with E-state index >= 15 is 0 Å². The molecule has 2 aliphatic rings. The van der Waals surface area contributed by atoms with Gasteiger partial charge < -0.3 is 4.90 Å². The molecular formula is C25H27ClN2O4. The first kappa shape index (κ1) is 24.0. The minimum atomic E-state index is -4.94. The lowest BCUT2D eigenvalue weighted by Crippen LogP contribution is -2.68. The van der Waals surface area contributed by atoms with Gasteiger partial charge in [0, 0.05) is 47.5 Å². The molecule has 6 nitrogen and oxygen atoms in total. The second-order valence-corrected chi connectivity index (χ2v) is 9.68. The van der Waals surface area contributed by atoms with Crippen LogP contribution in [0, 0.1) is 22.1 Å². The Bertz CT molecular complexity index is 1160. The van der Waals surface area contributed by atoms with Gasteiger partial charge in [0.2, 0.25) is 11.4 Å². The van der Waals surface area contributed by atoms with Crippen LogP contribution in [0.5, 0.6) is 0 Å². The molecule has 0 N–H and O–H groups in total. The molecular weight excluding hydrogens is 428 g/mol. The van der Waals surface area contributed by atoms with Crippen LogP contribution in [-0.2, 0) is 10.8 Å². The highest BCUT2D eigenvalue weighted by Crippen LogP contribution is 2.46. The first-order valence-electron chi connectivity index (χ1n) is 10.1. The van der Waals surface area contributed by atoms with E-state index in [9.17, 15) is 0 Å². The molecule has 32 heavy (non-hydrogen) atoms. The van der Waals surface area contributed by atoms with Crippen LogP contribution < -0.4 is 23.5 Å². The molecule has 0 saturated heterocycles. The third kappa shape index (κ3) is 4.44. The Morgan fingerprint density at radius 3 is 1.97 bits per heavy atom. The van der Waals surface area contributed by atoms with E-state index in [1.54, 1.807) is 0 Å². The van der Waals surface area contributed by atoms with Crippen molar-refractivity contribution in [2.75, 3.05) is 19.0 Å². The van der Waals surface area contributed by atoms with E-state index in [2.05, 4.69) is 118 Å². The molecule has 0 fully saturated rings. The normalized spacial score (nSPS) is 19.1. The Balaban J connectivity index is 0.000000523. The van der Waals surface area contributed by atoms with Gasteiger partial charge in [-0.25, -0.2) is 18.6 Å². The number of hydrogen-bond donors (Lipinski definition) is 0. The summed E-state index contributed by atoms with van der Waals surface area (Å²) in [5.74, 6) is 6.85. The fraction of sp³-hybridized carbons (Fsp3) is 0.320. The maximum atomic E-state index is 8.49. The van der Waals surface area contributed by atoms with Crippen molar-refractivity contribution in [1.82, 2.24) is 0 Å². The summed E-state index contributed by atoms with van der Waals surface area (Å²) >= 11 is 0. The molecule has 2 aromatic rings. The molecule has 2 aliphatic heterocycles. The number of halogens is 1. The summed E-state index contributed by atoms with van der Waals surface area (Å²) in [5.41, 5.74) is 7.51. The average molecular weight is 455 g/mol. The Hall–Kier alpha value is -2.66. The molecule has 0 saturated carbocycles. The molecule has 0 unspecified atom stereocenters. The lowest BCUT2D eigenvalue weighted by Gasteiger charge is -2.23. The average Bonchev–Trinajstić information content (AvgIpc) is 3.01. The fourth-order valence-corrected chi connectivity index (χ4v) is 4.63. The van der Waals surface area contributed by atoms with E-state index in [0.29, 0.717) is 0 Å². The minimum absolute atomic E-state index is 0.0370. The van der Waals surface area contributed by atoms with Crippen molar-refractivity contribution in [2.24, 2.45) is 0 Å². The second-order valence-electron chi connectivity index (χ2n) is 8.93. The number of anilines is 1. The van der Waals surface area contributed by atoms with Crippen molar-refractivity contribution in [1.29, 1.82) is 0 Å². The number of nitrogens with zero attached hydrogens (tertiary/aromatic N) is 2. The number of hydrogen-bond acceptors (Lipinski definition) is 5. The smallest absolute Gasteiger partial charge is 0.243 e. The van der Waals surface area contributed by atoms with Crippen LogP contribution in [-0.4, -0.2) is 24.4 Å². The van der Waals surface area contributed by atoms with Gasteiger partial charge in [-0.05, 0) is 25.5 Å². The number of fused-ring (bicyclic) bond motifs is 2. The van der Waals surface area contributed by atoms with E-state index in [-0.39, 0.29) is 10.8 Å². The van der Waals surface area contributed by atoms with E-state index in [1.165, 1.54) is 28.2 Å². The number of allylic oxidation sites excluding steroid dienone is 2. The van der Waals surface area contributed by atoms with Crippen LogP contribution in [0.25, 0.3) is 0 Å². The first-order valence-corrected chi connectivity index (χ1v) is 11.4. The van der Waals surface area contributed by atoms with Gasteiger partial charge in [0.25, 0.3) is 0 Å². The van der Waals surface area contributed by atoms with Crippen molar-refractivity contribution >= 4 is 17.1 Å². The molecule has 0 aromatic heterocycles. The molecule has 0 aliphatic carbocycles. The molecule has 0 amide bonds. The van der Waals surface area contributed by atoms with Crippen LogP contribution in [0.4, 0.5) is 11.4 Å². The molecule has 2 aromatic carbocycles. The zero-order chi connectivity index (χ0) is 23.9. The van der Waals surface area contributed by atoms with Gasteiger partial charge in [-0.1, -0.05) is 56.2 Å². The summed E-state index contributed by atoms with van der Waals surface area (Å²) in [6, 6.07) is 17.2. The molecule has 0 atom stereocenters. The van der Waals surface area contributed by atoms with Crippen LogP contribution >= 0.6 is 0 Å². The lowest BCUT2D eigenvalue weighted by molar-refractivity contribution is -2.00. The third-order valence-corrected chi connectivity index (χ3v) is 6.21. The van der Waals surface area contributed by atoms with Crippen molar-refractivity contribution < 1.29 is 33.5 Å². The highest BCUT2D eigenvalue weighted by Gasteiger charge is 2.43. The van der Waals surface area contributed by atoms with Crippen molar-refractivity contribution in [3.63, 3.8) is 0 Å². The molecule has 7 heteroatoms. The summed E-state index contributed by atoms with van der Waals surface area (Å²) in [7, 11) is -0.693. The first-order chi connectivity index (χ1) is 14.8. The highest BCUT2D eigenvalue weighted by molar-refractivity contribution is 6.07. The second kappa shape index (κ2) is 8.36. The Morgan fingerprint density at radius 1 is 0.875 bits per heavy atom. The standard InChI is InChI=1S/C25H27N2.ClHO4/c1-24(2)18-12-7-9-14-20(18)26(5)22(24)16-11-17-23-25(3,4)19-13-8-10-15-21(19)27(23)6;2-1(3,4)5/h7-10,12-16H,1-6H3;(H,2,3,4,5)/q+1;/p-1. The van der Waals surface area contributed by atoms with E-state index in [1.807, 2.05) is 0 Å². The van der Waals surface area contributed by atoms with Crippen molar-refractivity contribution in [2.45, 2.75) is 38.5 Å². The third-order valence-electron chi connectivity index (χ3n) is 6.21. The van der Waals surface area contributed by atoms with Crippen molar-refractivity contribution in [3.05, 3.63) is 71.4 Å². The van der Waals surface area contributed by atoms with Crippen LogP contribution in [0.1, 0.15) is 38.8 Å². The van der Waals surface area contributed by atoms with Gasteiger partial charge in [-0.15, -0.1) is 10.2 Å². The zero-order valence-electron chi connectivity index (χ0n) is 19.1. The fourth-order valence-electron chi connectivity index (χ4n) is 4.63. The molecule has 4 rings (SSSR count). The summed E-state index contributed by atoms with van der Waals surface area (Å²) in [4.78, 5) is 2.27. The number of para-hydroxylation sites is 2. The van der Waals surface area contributed by atoms with Gasteiger partial charge in [0.15, 0.2) is 0 Å². The maximum Gasteiger partial charge on any atom is 0.243 e. The summed E-state index contributed by atoms with van der Waals surface area (Å²) in [6.45, 7) is 9.07. The highest BCUT2D eigenvalue weighted by atomic mass is 35.7. The van der Waals surface area contributed by atoms with Crippen LogP contribution in [0.2, 0.25) is 0 Å². The molecule has 0 spiro atoms. The molecule has 168 valence electrons. The number of benzene rings is 2. The molecule has 0 bridgehead atoms. The largest absolute Gasteiger partial charge is 0.346 e. The predicted molar refractivity (Wildman–Crippen MR) is 114 cm³/mol. The topological polar surface area (TPSA) is 98.5 Å². The quantitative estimate of drug-likeness (QED) is 0.420. The minimum Gasteiger partial charge on any atom is -0.346 e. The van der Waals surface area contributed by atoms with Gasteiger partial charge >= 0.3 is 0 Å². The van der Waals surface area contributed by atoms with E-state index in [4.69, 9.17) is 18.6 Å².